The number of aromatic amines is 1. The van der Waals surface area contributed by atoms with Gasteiger partial charge in [0.1, 0.15) is 11.2 Å². The molecule has 5 nitrogen and oxygen atoms in total. The molecule has 84 valence electrons. The number of carbonyl (C=O) groups excluding carboxylic acids is 1. The molecule has 2 heterocycles. The number of nitrogens with two attached hydrogens (primary N) is 1. The van der Waals surface area contributed by atoms with E-state index in [0.717, 1.165) is 10.9 Å². The first-order valence-corrected chi connectivity index (χ1v) is 5.10. The zero-order valence-electron chi connectivity index (χ0n) is 8.81. The lowest BCUT2D eigenvalue weighted by molar-refractivity contribution is 0.0994. The van der Waals surface area contributed by atoms with Crippen molar-refractivity contribution in [2.24, 2.45) is 5.73 Å². The predicted molar refractivity (Wildman–Crippen MR) is 64.0 cm³/mol. The van der Waals surface area contributed by atoms with Crippen LogP contribution >= 0.6 is 0 Å². The lowest BCUT2D eigenvalue weighted by Crippen LogP contribution is -2.20. The Morgan fingerprint density at radius 1 is 1.24 bits per heavy atom. The van der Waals surface area contributed by atoms with E-state index in [9.17, 15) is 9.59 Å². The Morgan fingerprint density at radius 3 is 2.76 bits per heavy atom. The minimum Gasteiger partial charge on any atom is -0.364 e. The molecule has 0 unspecified atom stereocenters. The van der Waals surface area contributed by atoms with Crippen LogP contribution in [0, 0.1) is 0 Å². The molecule has 0 saturated carbocycles. The summed E-state index contributed by atoms with van der Waals surface area (Å²) in [5.41, 5.74) is 6.53. The quantitative estimate of drug-likeness (QED) is 0.647. The average Bonchev–Trinajstić information content (AvgIpc) is 2.69. The van der Waals surface area contributed by atoms with E-state index in [2.05, 4.69) is 4.98 Å². The van der Waals surface area contributed by atoms with E-state index in [0.29, 0.717) is 5.52 Å². The summed E-state index contributed by atoms with van der Waals surface area (Å²) < 4.78 is 1.58. The number of hydrogen-bond donors (Lipinski definition) is 2. The van der Waals surface area contributed by atoms with Crippen molar-refractivity contribution in [3.8, 4) is 0 Å². The van der Waals surface area contributed by atoms with E-state index in [1.807, 2.05) is 24.3 Å². The molecular weight excluding hydrogens is 218 g/mol. The average molecular weight is 227 g/mol. The fraction of sp³-hybridized carbons (Fsp3) is 0. The third-order valence-corrected chi connectivity index (χ3v) is 2.78. The second-order valence-electron chi connectivity index (χ2n) is 3.79. The highest BCUT2D eigenvalue weighted by atomic mass is 16.1. The Hall–Kier alpha value is -2.56. The molecule has 2 aromatic heterocycles. The summed E-state index contributed by atoms with van der Waals surface area (Å²) in [6.07, 6.45) is 1.34. The molecule has 3 aromatic rings. The van der Waals surface area contributed by atoms with Gasteiger partial charge < -0.3 is 10.7 Å². The molecule has 0 fully saturated rings. The minimum absolute atomic E-state index is 0.244. The van der Waals surface area contributed by atoms with Crippen LogP contribution in [-0.4, -0.2) is 15.3 Å². The topological polar surface area (TPSA) is 80.4 Å². The first-order chi connectivity index (χ1) is 8.18. The summed E-state index contributed by atoms with van der Waals surface area (Å²) >= 11 is 0. The van der Waals surface area contributed by atoms with Crippen molar-refractivity contribution in [2.45, 2.75) is 0 Å². The molecule has 0 saturated heterocycles. The molecule has 0 bridgehead atoms. The van der Waals surface area contributed by atoms with Crippen LogP contribution in [0.3, 0.4) is 0 Å². The van der Waals surface area contributed by atoms with Crippen LogP contribution < -0.4 is 11.3 Å². The van der Waals surface area contributed by atoms with Gasteiger partial charge in [-0.15, -0.1) is 0 Å². The molecule has 3 N–H and O–H groups in total. The maximum atomic E-state index is 11.7. The number of primary amides is 1. The molecule has 0 spiro atoms. The van der Waals surface area contributed by atoms with Crippen LogP contribution in [0.4, 0.5) is 0 Å². The van der Waals surface area contributed by atoms with Crippen molar-refractivity contribution in [1.29, 1.82) is 0 Å². The summed E-state index contributed by atoms with van der Waals surface area (Å²) in [5, 5.41) is 0.895. The number of benzene rings is 1. The van der Waals surface area contributed by atoms with Gasteiger partial charge in [-0.1, -0.05) is 18.2 Å². The van der Waals surface area contributed by atoms with Crippen molar-refractivity contribution in [3.05, 3.63) is 52.6 Å². The standard InChI is InChI=1S/C12H9N3O2/c13-11(16)10-6-14-12(17)9-5-7-3-1-2-4-8(7)15(9)10/h1-6H,(H2,13,16)(H,14,17). The predicted octanol–water partition coefficient (Wildman–Crippen LogP) is 0.880. The summed E-state index contributed by atoms with van der Waals surface area (Å²) in [7, 11) is 0. The molecule has 1 aromatic carbocycles. The monoisotopic (exact) mass is 227 g/mol. The van der Waals surface area contributed by atoms with E-state index in [1.54, 1.807) is 10.5 Å². The van der Waals surface area contributed by atoms with Crippen LogP contribution in [0.5, 0.6) is 0 Å². The van der Waals surface area contributed by atoms with Gasteiger partial charge in [-0.05, 0) is 12.1 Å². The van der Waals surface area contributed by atoms with E-state index < -0.39 is 5.91 Å². The van der Waals surface area contributed by atoms with Gasteiger partial charge in [-0.3, -0.25) is 14.0 Å². The second kappa shape index (κ2) is 3.21. The number of aromatic nitrogens is 2. The lowest BCUT2D eigenvalue weighted by atomic mass is 10.2. The van der Waals surface area contributed by atoms with Gasteiger partial charge in [0.2, 0.25) is 0 Å². The van der Waals surface area contributed by atoms with Crippen molar-refractivity contribution in [1.82, 2.24) is 9.38 Å². The molecular formula is C12H9N3O2. The number of rotatable bonds is 1. The third-order valence-electron chi connectivity index (χ3n) is 2.78. The van der Waals surface area contributed by atoms with Crippen LogP contribution in [-0.2, 0) is 0 Å². The lowest BCUT2D eigenvalue weighted by Gasteiger charge is -2.02. The number of H-pyrrole nitrogens is 1. The number of para-hydroxylation sites is 1. The Morgan fingerprint density at radius 2 is 2.00 bits per heavy atom. The van der Waals surface area contributed by atoms with Gasteiger partial charge in [0, 0.05) is 11.6 Å². The van der Waals surface area contributed by atoms with Crippen LogP contribution in [0.2, 0.25) is 0 Å². The molecule has 0 aliphatic rings. The first-order valence-electron chi connectivity index (χ1n) is 5.10. The number of carbonyl (C=O) groups is 1. The van der Waals surface area contributed by atoms with Gasteiger partial charge in [0.05, 0.1) is 5.52 Å². The third kappa shape index (κ3) is 1.25. The van der Waals surface area contributed by atoms with E-state index >= 15 is 0 Å². The molecule has 0 aliphatic heterocycles. The van der Waals surface area contributed by atoms with E-state index in [-0.39, 0.29) is 11.3 Å². The highest BCUT2D eigenvalue weighted by molar-refractivity contribution is 5.96. The summed E-state index contributed by atoms with van der Waals surface area (Å²) in [4.78, 5) is 25.5. The zero-order chi connectivity index (χ0) is 12.0. The Labute approximate surface area is 95.5 Å². The highest BCUT2D eigenvalue weighted by Crippen LogP contribution is 2.18. The maximum absolute atomic E-state index is 11.7. The van der Waals surface area contributed by atoms with Crippen LogP contribution in [0.1, 0.15) is 10.5 Å². The molecule has 0 aliphatic carbocycles. The van der Waals surface area contributed by atoms with Gasteiger partial charge in [-0.25, -0.2) is 0 Å². The molecule has 0 atom stereocenters. The summed E-state index contributed by atoms with van der Waals surface area (Å²) in [5.74, 6) is -0.576. The largest absolute Gasteiger partial charge is 0.364 e. The van der Waals surface area contributed by atoms with E-state index in [4.69, 9.17) is 5.73 Å². The van der Waals surface area contributed by atoms with Crippen LogP contribution in [0.15, 0.2) is 41.3 Å². The fourth-order valence-corrected chi connectivity index (χ4v) is 2.04. The van der Waals surface area contributed by atoms with E-state index in [1.165, 1.54) is 6.20 Å². The van der Waals surface area contributed by atoms with Crippen LogP contribution in [0.25, 0.3) is 16.4 Å². The number of amides is 1. The Balaban J connectivity index is 2.65. The number of nitrogens with zero attached hydrogens (tertiary/aromatic N) is 1. The maximum Gasteiger partial charge on any atom is 0.272 e. The molecule has 1 amide bonds. The molecule has 5 heteroatoms. The first kappa shape index (κ1) is 9.65. The molecule has 0 radical (unpaired) electrons. The number of hydrogen-bond acceptors (Lipinski definition) is 2. The molecule has 3 rings (SSSR count). The van der Waals surface area contributed by atoms with Gasteiger partial charge in [-0.2, -0.15) is 0 Å². The Kier molecular flexibility index (Phi) is 1.82. The minimum atomic E-state index is -0.576. The normalized spacial score (nSPS) is 11.1. The number of nitrogens with one attached hydrogen (secondary N) is 1. The second-order valence-corrected chi connectivity index (χ2v) is 3.79. The van der Waals surface area contributed by atoms with Crippen molar-refractivity contribution in [2.75, 3.05) is 0 Å². The van der Waals surface area contributed by atoms with Crippen molar-refractivity contribution in [3.63, 3.8) is 0 Å². The van der Waals surface area contributed by atoms with Gasteiger partial charge in [0.25, 0.3) is 11.5 Å². The van der Waals surface area contributed by atoms with Gasteiger partial charge in [0.15, 0.2) is 0 Å². The summed E-state index contributed by atoms with van der Waals surface area (Å²) in [6, 6.07) is 9.18. The summed E-state index contributed by atoms with van der Waals surface area (Å²) in [6.45, 7) is 0. The zero-order valence-corrected chi connectivity index (χ0v) is 8.81. The van der Waals surface area contributed by atoms with Gasteiger partial charge >= 0.3 is 0 Å². The smallest absolute Gasteiger partial charge is 0.272 e. The Bertz CT molecular complexity index is 798. The molecule has 17 heavy (non-hydrogen) atoms. The SMILES string of the molecule is NC(=O)c1c[nH]c(=O)c2cc3ccccc3n12. The number of fused-ring (bicyclic) bond motifs is 3. The highest BCUT2D eigenvalue weighted by Gasteiger charge is 2.12. The fourth-order valence-electron chi connectivity index (χ4n) is 2.04. The van der Waals surface area contributed by atoms with Crippen molar-refractivity contribution < 1.29 is 4.79 Å². The van der Waals surface area contributed by atoms with Crippen molar-refractivity contribution >= 4 is 22.3 Å².